The van der Waals surface area contributed by atoms with Gasteiger partial charge in [0, 0.05) is 19.3 Å². The Hall–Kier alpha value is -1.27. The van der Waals surface area contributed by atoms with Crippen LogP contribution < -0.4 is 0 Å². The fraction of sp³-hybridized carbons (Fsp3) is 0.786. The van der Waals surface area contributed by atoms with Crippen molar-refractivity contribution in [2.24, 2.45) is 0 Å². The molecule has 0 fully saturated rings. The van der Waals surface area contributed by atoms with Crippen LogP contribution >= 0.6 is 0 Å². The Kier molecular flexibility index (Phi) is 9.05. The Morgan fingerprint density at radius 2 is 1.67 bits per heavy atom. The minimum Gasteiger partial charge on any atom is -0.480 e. The summed E-state index contributed by atoms with van der Waals surface area (Å²) in [6.45, 7) is 8.95. The molecule has 0 saturated heterocycles. The highest BCUT2D eigenvalue weighted by Gasteiger charge is 2.42. The molecule has 0 saturated carbocycles. The van der Waals surface area contributed by atoms with Gasteiger partial charge in [-0.1, -0.05) is 0 Å². The third kappa shape index (κ3) is 7.34. The molecule has 7 heteroatoms. The second-order valence-electron chi connectivity index (χ2n) is 4.45. The number of halogens is 4. The molecule has 0 atom stereocenters. The highest BCUT2D eigenvalue weighted by Crippen LogP contribution is 2.23. The van der Waals surface area contributed by atoms with Crippen LogP contribution in [0.1, 0.15) is 27.7 Å². The van der Waals surface area contributed by atoms with Crippen molar-refractivity contribution in [2.75, 3.05) is 32.8 Å². The Bertz CT molecular complexity index is 347. The Labute approximate surface area is 123 Å². The average Bonchev–Trinajstić information content (AvgIpc) is 2.46. The Balaban J connectivity index is 5.10. The number of allylic oxidation sites excluding steroid dienone is 1. The smallest absolute Gasteiger partial charge is 0.340 e. The molecule has 0 heterocycles. The van der Waals surface area contributed by atoms with Gasteiger partial charge in [-0.25, -0.2) is 13.4 Å². The first-order valence-electron chi connectivity index (χ1n) is 7.14. The topological polar surface area (TPSA) is 15.5 Å². The molecule has 124 valence electrons. The highest BCUT2D eigenvalue weighted by molar-refractivity contribution is 5.71. The summed E-state index contributed by atoms with van der Waals surface area (Å²) in [5.74, 6) is -4.00. The van der Waals surface area contributed by atoms with Gasteiger partial charge in [0.25, 0.3) is 0 Å². The third-order valence-corrected chi connectivity index (χ3v) is 2.99. The van der Waals surface area contributed by atoms with E-state index in [0.717, 1.165) is 0 Å². The zero-order valence-corrected chi connectivity index (χ0v) is 13.1. The molecule has 0 rings (SSSR count). The van der Waals surface area contributed by atoms with Gasteiger partial charge in [0.05, 0.1) is 0 Å². The first-order chi connectivity index (χ1) is 9.80. The van der Waals surface area contributed by atoms with E-state index in [1.165, 1.54) is 0 Å². The van der Waals surface area contributed by atoms with Gasteiger partial charge in [-0.2, -0.15) is 8.78 Å². The van der Waals surface area contributed by atoms with Crippen molar-refractivity contribution < 1.29 is 26.9 Å². The van der Waals surface area contributed by atoms with Crippen molar-refractivity contribution in [2.45, 2.75) is 40.0 Å². The summed E-state index contributed by atoms with van der Waals surface area (Å²) < 4.78 is 57.0. The molecule has 0 aliphatic rings. The quantitative estimate of drug-likeness (QED) is 0.266. The number of rotatable bonds is 10. The van der Waals surface area contributed by atoms with Crippen molar-refractivity contribution in [3.8, 4) is 0 Å². The van der Waals surface area contributed by atoms with Crippen LogP contribution in [0.5, 0.6) is 0 Å². The van der Waals surface area contributed by atoms with E-state index in [-0.39, 0.29) is 5.76 Å². The molecule has 3 nitrogen and oxygen atoms in total. The predicted molar refractivity (Wildman–Crippen MR) is 75.3 cm³/mol. The lowest BCUT2D eigenvalue weighted by atomic mass is 10.4. The van der Waals surface area contributed by atoms with E-state index in [1.807, 2.05) is 37.2 Å². The van der Waals surface area contributed by atoms with Gasteiger partial charge in [-0.3, -0.25) is 0 Å². The molecular weight excluding hydrogens is 288 g/mol. The van der Waals surface area contributed by atoms with E-state index >= 15 is 0 Å². The molecule has 0 aromatic carbocycles. The van der Waals surface area contributed by atoms with Gasteiger partial charge in [-0.15, -0.1) is 0 Å². The predicted octanol–water partition coefficient (Wildman–Crippen LogP) is 3.21. The number of ether oxygens (including phenoxy) is 1. The average molecular weight is 313 g/mol. The van der Waals surface area contributed by atoms with Crippen LogP contribution in [0.2, 0.25) is 0 Å². The summed E-state index contributed by atoms with van der Waals surface area (Å²) in [6, 6.07) is 0. The lowest BCUT2D eigenvalue weighted by molar-refractivity contribution is -0.516. The summed E-state index contributed by atoms with van der Waals surface area (Å²) >= 11 is 0. The summed E-state index contributed by atoms with van der Waals surface area (Å²) in [5.41, 5.74) is 0. The summed E-state index contributed by atoms with van der Waals surface area (Å²) in [6.07, 6.45) is -0.597. The van der Waals surface area contributed by atoms with Gasteiger partial charge in [0.1, 0.15) is 13.1 Å². The first-order valence-corrected chi connectivity index (χ1v) is 7.14. The van der Waals surface area contributed by atoms with Crippen LogP contribution in [0.4, 0.5) is 17.6 Å². The standard InChI is InChI=1S/C14H25F4N2O/c1-5-19(6-2)9-12(10-20(7-3)8-4)21-11-14(17,18)13(15)16/h9-10,13H,5-8,11H2,1-4H3/q+1. The van der Waals surface area contributed by atoms with E-state index < -0.39 is 19.0 Å². The fourth-order valence-corrected chi connectivity index (χ4v) is 1.52. The third-order valence-electron chi connectivity index (χ3n) is 2.99. The molecule has 0 N–H and O–H groups in total. The zero-order chi connectivity index (χ0) is 16.5. The molecule has 0 aromatic heterocycles. The minimum atomic E-state index is -4.15. The minimum absolute atomic E-state index is 0.155. The molecule has 0 radical (unpaired) electrons. The van der Waals surface area contributed by atoms with Crippen molar-refractivity contribution in [1.82, 2.24) is 4.90 Å². The molecule has 0 spiro atoms. The van der Waals surface area contributed by atoms with E-state index in [2.05, 4.69) is 0 Å². The van der Waals surface area contributed by atoms with E-state index in [9.17, 15) is 17.6 Å². The zero-order valence-electron chi connectivity index (χ0n) is 13.1. The fourth-order valence-electron chi connectivity index (χ4n) is 1.52. The lowest BCUT2D eigenvalue weighted by Gasteiger charge is -2.19. The van der Waals surface area contributed by atoms with Crippen LogP contribution in [0, 0.1) is 0 Å². The van der Waals surface area contributed by atoms with Crippen molar-refractivity contribution in [3.05, 3.63) is 12.0 Å². The number of hydrogen-bond acceptors (Lipinski definition) is 2. The lowest BCUT2D eigenvalue weighted by Crippen LogP contribution is -2.33. The summed E-state index contributed by atoms with van der Waals surface area (Å²) in [7, 11) is 0. The summed E-state index contributed by atoms with van der Waals surface area (Å²) in [5, 5.41) is 0. The largest absolute Gasteiger partial charge is 0.480 e. The summed E-state index contributed by atoms with van der Waals surface area (Å²) in [4.78, 5) is 1.84. The molecular formula is C14H25F4N2O+. The SMILES string of the molecule is CCN(/C=C(/C=[N+](CC)CC)OCC(F)(F)C(F)F)CC. The van der Waals surface area contributed by atoms with Gasteiger partial charge < -0.3 is 9.64 Å². The maximum absolute atomic E-state index is 13.0. The van der Waals surface area contributed by atoms with Gasteiger partial charge >= 0.3 is 12.3 Å². The second kappa shape index (κ2) is 9.63. The van der Waals surface area contributed by atoms with E-state index in [1.54, 1.807) is 12.4 Å². The Morgan fingerprint density at radius 3 is 2.05 bits per heavy atom. The highest BCUT2D eigenvalue weighted by atomic mass is 19.3. The second-order valence-corrected chi connectivity index (χ2v) is 4.45. The van der Waals surface area contributed by atoms with E-state index in [4.69, 9.17) is 4.74 Å². The van der Waals surface area contributed by atoms with Crippen LogP contribution in [-0.4, -0.2) is 60.8 Å². The molecule has 0 unspecified atom stereocenters. The normalized spacial score (nSPS) is 12.5. The van der Waals surface area contributed by atoms with E-state index in [0.29, 0.717) is 26.2 Å². The van der Waals surface area contributed by atoms with Crippen LogP contribution in [0.25, 0.3) is 0 Å². The van der Waals surface area contributed by atoms with Crippen molar-refractivity contribution in [1.29, 1.82) is 0 Å². The Morgan fingerprint density at radius 1 is 1.14 bits per heavy atom. The monoisotopic (exact) mass is 313 g/mol. The number of hydrogen-bond donors (Lipinski definition) is 0. The molecule has 0 aromatic rings. The van der Waals surface area contributed by atoms with Gasteiger partial charge in [0.2, 0.25) is 6.21 Å². The van der Waals surface area contributed by atoms with Gasteiger partial charge in [-0.05, 0) is 27.7 Å². The van der Waals surface area contributed by atoms with Crippen molar-refractivity contribution in [3.63, 3.8) is 0 Å². The molecule has 0 bridgehead atoms. The number of alkyl halides is 4. The molecule has 21 heavy (non-hydrogen) atoms. The molecule has 0 amide bonds. The van der Waals surface area contributed by atoms with Gasteiger partial charge in [0.15, 0.2) is 12.4 Å². The van der Waals surface area contributed by atoms with Crippen molar-refractivity contribution >= 4 is 6.21 Å². The maximum Gasteiger partial charge on any atom is 0.340 e. The molecule has 0 aliphatic carbocycles. The van der Waals surface area contributed by atoms with Crippen LogP contribution in [0.15, 0.2) is 12.0 Å². The first kappa shape index (κ1) is 19.7. The van der Waals surface area contributed by atoms with Crippen LogP contribution in [-0.2, 0) is 4.74 Å². The van der Waals surface area contributed by atoms with Crippen LogP contribution in [0.3, 0.4) is 0 Å². The molecule has 0 aliphatic heterocycles. The number of nitrogens with zero attached hydrogens (tertiary/aromatic N) is 2. The maximum atomic E-state index is 13.0.